The third kappa shape index (κ3) is 9.54. The number of aromatic nitrogens is 4. The van der Waals surface area contributed by atoms with Crippen molar-refractivity contribution in [1.82, 2.24) is 40.4 Å². The van der Waals surface area contributed by atoms with E-state index in [0.717, 1.165) is 35.1 Å². The van der Waals surface area contributed by atoms with Gasteiger partial charge < -0.3 is 39.9 Å². The van der Waals surface area contributed by atoms with Crippen LogP contribution in [0, 0.1) is 61.2 Å². The maximum absolute atomic E-state index is 13.6. The Balaban J connectivity index is 1.28. The van der Waals surface area contributed by atoms with Crippen molar-refractivity contribution in [3.63, 3.8) is 0 Å². The van der Waals surface area contributed by atoms with Crippen molar-refractivity contribution in [3.05, 3.63) is 69.8 Å². The number of hydrogen-bond donors (Lipinski definition) is 4. The number of amides is 4. The Morgan fingerprint density at radius 2 is 1.07 bits per heavy atom. The van der Waals surface area contributed by atoms with Crippen molar-refractivity contribution in [2.45, 2.75) is 92.4 Å². The Labute approximate surface area is 329 Å². The molecule has 0 radical (unpaired) electrons. The highest BCUT2D eigenvalue weighted by molar-refractivity contribution is 5.87. The number of carbonyl (C=O) groups is 4. The van der Waals surface area contributed by atoms with Gasteiger partial charge in [-0.05, 0) is 85.5 Å². The van der Waals surface area contributed by atoms with Crippen molar-refractivity contribution in [2.75, 3.05) is 27.3 Å². The minimum atomic E-state index is -0.716. The maximum Gasteiger partial charge on any atom is 0.407 e. The van der Waals surface area contributed by atoms with Gasteiger partial charge in [-0.25, -0.2) is 19.6 Å². The lowest BCUT2D eigenvalue weighted by molar-refractivity contribution is -0.136. The van der Waals surface area contributed by atoms with Gasteiger partial charge in [0.05, 0.1) is 38.7 Å². The highest BCUT2D eigenvalue weighted by Gasteiger charge is 2.41. The first-order valence-corrected chi connectivity index (χ1v) is 19.1. The molecule has 56 heavy (non-hydrogen) atoms. The molecule has 2 aliphatic rings. The summed E-state index contributed by atoms with van der Waals surface area (Å²) in [4.78, 5) is 70.6. The Hall–Kier alpha value is -5.76. The summed E-state index contributed by atoms with van der Waals surface area (Å²) in [5.41, 5.74) is 4.90. The van der Waals surface area contributed by atoms with Crippen LogP contribution in [-0.4, -0.2) is 93.1 Å². The van der Waals surface area contributed by atoms with E-state index in [9.17, 15) is 19.2 Å². The lowest BCUT2D eigenvalue weighted by atomic mass is 10.0. The molecule has 0 bridgehead atoms. The Kier molecular flexibility index (Phi) is 13.2. The average molecular weight is 767 g/mol. The van der Waals surface area contributed by atoms with E-state index in [2.05, 4.69) is 68.1 Å². The molecule has 14 nitrogen and oxygen atoms in total. The summed E-state index contributed by atoms with van der Waals surface area (Å²) in [7, 11) is 2.56. The largest absolute Gasteiger partial charge is 0.453 e. The summed E-state index contributed by atoms with van der Waals surface area (Å²) in [6.45, 7) is 16.8. The van der Waals surface area contributed by atoms with Gasteiger partial charge in [-0.1, -0.05) is 53.4 Å². The first-order valence-electron chi connectivity index (χ1n) is 19.1. The van der Waals surface area contributed by atoms with Gasteiger partial charge >= 0.3 is 12.2 Å². The van der Waals surface area contributed by atoms with Crippen molar-refractivity contribution >= 4 is 24.0 Å². The van der Waals surface area contributed by atoms with Crippen LogP contribution in [0.3, 0.4) is 0 Å². The Morgan fingerprint density at radius 1 is 0.696 bits per heavy atom. The zero-order valence-corrected chi connectivity index (χ0v) is 34.0. The summed E-state index contributed by atoms with van der Waals surface area (Å²) >= 11 is 0. The lowest BCUT2D eigenvalue weighted by Crippen LogP contribution is -2.51. The Bertz CT molecular complexity index is 1920. The van der Waals surface area contributed by atoms with E-state index < -0.39 is 24.3 Å². The molecule has 3 aromatic rings. The fourth-order valence-electron chi connectivity index (χ4n) is 7.35. The van der Waals surface area contributed by atoms with E-state index in [1.54, 1.807) is 22.2 Å². The van der Waals surface area contributed by atoms with E-state index in [1.807, 2.05) is 53.7 Å². The molecule has 2 aliphatic heterocycles. The van der Waals surface area contributed by atoms with Crippen molar-refractivity contribution < 1.29 is 28.7 Å². The molecule has 0 saturated carbocycles. The number of methoxy groups -OCH3 is 2. The van der Waals surface area contributed by atoms with Crippen molar-refractivity contribution in [1.29, 1.82) is 0 Å². The third-order valence-electron chi connectivity index (χ3n) is 10.4. The third-order valence-corrected chi connectivity index (χ3v) is 10.4. The molecule has 2 aromatic heterocycles. The number of aryl methyl sites for hydroxylation is 2. The van der Waals surface area contributed by atoms with Gasteiger partial charge in [0.2, 0.25) is 11.8 Å². The quantitative estimate of drug-likeness (QED) is 0.229. The van der Waals surface area contributed by atoms with Crippen LogP contribution in [0.25, 0.3) is 0 Å². The maximum atomic E-state index is 13.6. The van der Waals surface area contributed by atoms with E-state index in [0.29, 0.717) is 36.1 Å². The van der Waals surface area contributed by atoms with Gasteiger partial charge in [0.1, 0.15) is 35.1 Å². The second kappa shape index (κ2) is 17.8. The summed E-state index contributed by atoms with van der Waals surface area (Å²) in [6.07, 6.45) is 3.57. The molecule has 6 unspecified atom stereocenters. The molecular formula is C42H54N8O6. The first kappa shape index (κ1) is 41.4. The van der Waals surface area contributed by atoms with Crippen LogP contribution in [-0.2, 0) is 19.1 Å². The fraction of sp³-hybridized carbons (Fsp3) is 0.524. The second-order valence-electron chi connectivity index (χ2n) is 15.8. The molecule has 4 heterocycles. The molecule has 2 fully saturated rings. The summed E-state index contributed by atoms with van der Waals surface area (Å²) in [5, 5.41) is 5.38. The zero-order chi connectivity index (χ0) is 40.8. The monoisotopic (exact) mass is 766 g/mol. The number of ether oxygens (including phenoxy) is 2. The number of benzene rings is 1. The molecule has 5 rings (SSSR count). The topological polar surface area (TPSA) is 175 Å². The normalized spacial score (nSPS) is 20.1. The summed E-state index contributed by atoms with van der Waals surface area (Å²) < 4.78 is 9.52. The molecule has 6 atom stereocenters. The predicted octanol–water partition coefficient (Wildman–Crippen LogP) is 5.13. The number of H-pyrrole nitrogens is 2. The van der Waals surface area contributed by atoms with Crippen LogP contribution in [0.15, 0.2) is 24.5 Å². The molecular weight excluding hydrogens is 713 g/mol. The Morgan fingerprint density at radius 3 is 1.41 bits per heavy atom. The van der Waals surface area contributed by atoms with Crippen LogP contribution in [0.1, 0.15) is 112 Å². The fourth-order valence-corrected chi connectivity index (χ4v) is 7.35. The molecule has 298 valence electrons. The van der Waals surface area contributed by atoms with Crippen LogP contribution in [0.4, 0.5) is 9.59 Å². The number of nitrogens with zero attached hydrogens (tertiary/aromatic N) is 4. The number of likely N-dealkylation sites (tertiary alicyclic amines) is 2. The van der Waals surface area contributed by atoms with Gasteiger partial charge in [-0.2, -0.15) is 0 Å². The molecule has 1 aromatic carbocycles. The van der Waals surface area contributed by atoms with E-state index in [4.69, 9.17) is 9.47 Å². The number of aromatic amines is 2. The number of carbonyl (C=O) groups excluding carboxylic acids is 4. The molecule has 0 aliphatic carbocycles. The molecule has 0 spiro atoms. The van der Waals surface area contributed by atoms with Crippen LogP contribution in [0.2, 0.25) is 0 Å². The van der Waals surface area contributed by atoms with Gasteiger partial charge in [-0.3, -0.25) is 9.59 Å². The SMILES string of the molecule is COC(=O)NC(C(=O)N1CC(C)CC1c1ncc(C#Cc2cc(C)c(C#Cc3cnc(C4CC(C)CN4C(=O)C(NC(=O)OC)C(C)C)[nH]3)cc2C)[nH]1)C(C)C. The molecule has 4 N–H and O–H groups in total. The predicted molar refractivity (Wildman–Crippen MR) is 210 cm³/mol. The summed E-state index contributed by atoms with van der Waals surface area (Å²) in [5.74, 6) is 14.2. The smallest absolute Gasteiger partial charge is 0.407 e. The zero-order valence-electron chi connectivity index (χ0n) is 34.0. The van der Waals surface area contributed by atoms with E-state index in [-0.39, 0.29) is 47.6 Å². The second-order valence-corrected chi connectivity index (χ2v) is 15.8. The number of alkyl carbamates (subject to hydrolysis) is 2. The van der Waals surface area contributed by atoms with Gasteiger partial charge in [0.15, 0.2) is 0 Å². The standard InChI is InChI=1S/C42H54N8O6/c1-23(2)35(47-41(53)55-9)39(51)49-21-25(5)15-33(49)37-43-19-31(45-37)13-11-29-17-28(8)30(18-27(29)7)12-14-32-20-44-38(46-32)34-16-26(6)22-50(34)40(52)36(24(3)4)48-42(54)56-10/h17-20,23-26,33-36H,15-16,21-22H2,1-10H3,(H,43,45)(H,44,46)(H,47,53)(H,48,54). The minimum absolute atomic E-state index is 0.128. The number of rotatable bonds is 8. The van der Waals surface area contributed by atoms with Gasteiger partial charge in [0.25, 0.3) is 0 Å². The number of imidazole rings is 2. The number of nitrogens with one attached hydrogen (secondary N) is 4. The van der Waals surface area contributed by atoms with Crippen LogP contribution >= 0.6 is 0 Å². The van der Waals surface area contributed by atoms with Crippen LogP contribution < -0.4 is 10.6 Å². The van der Waals surface area contributed by atoms with Crippen molar-refractivity contribution in [2.24, 2.45) is 23.7 Å². The van der Waals surface area contributed by atoms with E-state index in [1.165, 1.54) is 14.2 Å². The lowest BCUT2D eigenvalue weighted by Gasteiger charge is -2.30. The number of hydrogen-bond acceptors (Lipinski definition) is 8. The highest BCUT2D eigenvalue weighted by Crippen LogP contribution is 2.36. The van der Waals surface area contributed by atoms with Gasteiger partial charge in [0, 0.05) is 24.2 Å². The average Bonchev–Trinajstić information content (AvgIpc) is 3.98. The van der Waals surface area contributed by atoms with Gasteiger partial charge in [-0.15, -0.1) is 0 Å². The summed E-state index contributed by atoms with van der Waals surface area (Å²) in [6, 6.07) is 2.06. The molecule has 14 heteroatoms. The van der Waals surface area contributed by atoms with Crippen molar-refractivity contribution in [3.8, 4) is 23.7 Å². The van der Waals surface area contributed by atoms with Crippen LogP contribution in [0.5, 0.6) is 0 Å². The van der Waals surface area contributed by atoms with E-state index >= 15 is 0 Å². The minimum Gasteiger partial charge on any atom is -0.453 e. The molecule has 2 saturated heterocycles. The highest BCUT2D eigenvalue weighted by atomic mass is 16.5. The first-order chi connectivity index (χ1) is 26.6. The molecule has 4 amide bonds.